The van der Waals surface area contributed by atoms with E-state index in [9.17, 15) is 31.5 Å². The van der Waals surface area contributed by atoms with Crippen LogP contribution >= 0.6 is 11.8 Å². The zero-order valence-corrected chi connectivity index (χ0v) is 24.0. The number of nitrogens with zero attached hydrogens (tertiary/aromatic N) is 2. The molecule has 2 N–H and O–H groups in total. The predicted octanol–water partition coefficient (Wildman–Crippen LogP) is 6.76. The summed E-state index contributed by atoms with van der Waals surface area (Å²) in [4.78, 5) is 34.1. The number of nitrogens with one attached hydrogen (secondary N) is 2. The van der Waals surface area contributed by atoms with Crippen LogP contribution in [0.25, 0.3) is 11.6 Å². The lowest BCUT2D eigenvalue weighted by Gasteiger charge is -2.32. The van der Waals surface area contributed by atoms with Crippen LogP contribution in [0.3, 0.4) is 0 Å². The summed E-state index contributed by atoms with van der Waals surface area (Å²) in [6.07, 6.45) is -6.10. The van der Waals surface area contributed by atoms with Gasteiger partial charge >= 0.3 is 6.18 Å². The van der Waals surface area contributed by atoms with Gasteiger partial charge in [0.15, 0.2) is 0 Å². The molecular formula is C30H29F5N4O2S. The molecule has 0 saturated carbocycles. The number of benzene rings is 2. The van der Waals surface area contributed by atoms with Gasteiger partial charge in [0.05, 0.1) is 16.7 Å². The predicted molar refractivity (Wildman–Crippen MR) is 153 cm³/mol. The van der Waals surface area contributed by atoms with E-state index in [0.717, 1.165) is 42.5 Å². The standard InChI is InChI=1S/C30H29F5N4O2S/c1-16-25(36-17(2)26(16)29(41)39-10-8-38(3)9-11-39)14-22-21-13-20(6-7-24(21)37-28(22)40)42-15-19-5-4-18(27(31)32)12-23(19)30(33,34)35/h4-7,12-14,27,36H,8-11,15H2,1-3H3,(H,37,40)/b22-14-. The summed E-state index contributed by atoms with van der Waals surface area (Å²) in [5.41, 5.74) is 2.22. The van der Waals surface area contributed by atoms with Crippen molar-refractivity contribution in [2.75, 3.05) is 38.5 Å². The highest BCUT2D eigenvalue weighted by Crippen LogP contribution is 2.40. The monoisotopic (exact) mass is 604 g/mol. The Morgan fingerprint density at radius 2 is 1.79 bits per heavy atom. The van der Waals surface area contributed by atoms with Gasteiger partial charge in [-0.05, 0) is 62.4 Å². The quantitative estimate of drug-likeness (QED) is 0.185. The number of alkyl halides is 5. The molecule has 1 saturated heterocycles. The summed E-state index contributed by atoms with van der Waals surface area (Å²) in [6, 6.07) is 7.66. The fourth-order valence-corrected chi connectivity index (χ4v) is 6.17. The van der Waals surface area contributed by atoms with Gasteiger partial charge in [0.2, 0.25) is 0 Å². The number of hydrogen-bond donors (Lipinski definition) is 2. The molecular weight excluding hydrogens is 575 g/mol. The fourth-order valence-electron chi connectivity index (χ4n) is 5.23. The molecule has 1 fully saturated rings. The molecule has 0 unspecified atom stereocenters. The molecule has 1 aromatic heterocycles. The number of H-pyrrole nitrogens is 1. The van der Waals surface area contributed by atoms with Crippen molar-refractivity contribution in [1.82, 2.24) is 14.8 Å². The molecule has 0 atom stereocenters. The minimum atomic E-state index is -4.78. The number of likely N-dealkylation sites (N-methyl/N-ethyl adjacent to an activating group) is 1. The van der Waals surface area contributed by atoms with Gasteiger partial charge in [0, 0.05) is 65.0 Å². The number of fused-ring (bicyclic) bond motifs is 1. The van der Waals surface area contributed by atoms with Crippen molar-refractivity contribution in [2.24, 2.45) is 0 Å². The summed E-state index contributed by atoms with van der Waals surface area (Å²) >= 11 is 1.11. The molecule has 2 amide bonds. The first-order chi connectivity index (χ1) is 19.8. The van der Waals surface area contributed by atoms with Crippen molar-refractivity contribution in [3.05, 3.63) is 81.2 Å². The lowest BCUT2D eigenvalue weighted by Crippen LogP contribution is -2.47. The Balaban J connectivity index is 1.40. The molecule has 222 valence electrons. The lowest BCUT2D eigenvalue weighted by molar-refractivity contribution is -0.138. The van der Waals surface area contributed by atoms with Crippen LogP contribution in [0.2, 0.25) is 0 Å². The van der Waals surface area contributed by atoms with E-state index in [1.165, 1.54) is 0 Å². The number of aromatic amines is 1. The summed E-state index contributed by atoms with van der Waals surface area (Å²) in [5.74, 6) is -0.508. The Kier molecular flexibility index (Phi) is 8.21. The molecule has 5 rings (SSSR count). The maximum Gasteiger partial charge on any atom is 0.416 e. The molecule has 2 aliphatic heterocycles. The Labute approximate surface area is 244 Å². The average Bonchev–Trinajstić information content (AvgIpc) is 3.40. The first kappa shape index (κ1) is 29.8. The minimum Gasteiger partial charge on any atom is -0.358 e. The van der Waals surface area contributed by atoms with Gasteiger partial charge in [-0.3, -0.25) is 9.59 Å². The van der Waals surface area contributed by atoms with Crippen molar-refractivity contribution < 1.29 is 31.5 Å². The van der Waals surface area contributed by atoms with Gasteiger partial charge in [0.1, 0.15) is 0 Å². The molecule has 2 aliphatic rings. The fraction of sp³-hybridized carbons (Fsp3) is 0.333. The van der Waals surface area contributed by atoms with Crippen LogP contribution in [0.15, 0.2) is 41.3 Å². The van der Waals surface area contributed by atoms with E-state index in [2.05, 4.69) is 15.2 Å². The number of piperazine rings is 1. The van der Waals surface area contributed by atoms with Crippen LogP contribution in [-0.2, 0) is 16.7 Å². The Hall–Kier alpha value is -3.64. The van der Waals surface area contributed by atoms with Crippen molar-refractivity contribution in [3.63, 3.8) is 0 Å². The minimum absolute atomic E-state index is 0.0613. The van der Waals surface area contributed by atoms with Gasteiger partial charge in [0.25, 0.3) is 18.2 Å². The van der Waals surface area contributed by atoms with Crippen LogP contribution in [0.5, 0.6) is 0 Å². The van der Waals surface area contributed by atoms with E-state index in [1.54, 1.807) is 24.3 Å². The van der Waals surface area contributed by atoms with E-state index in [-0.39, 0.29) is 23.1 Å². The van der Waals surface area contributed by atoms with Crippen LogP contribution in [0, 0.1) is 13.8 Å². The van der Waals surface area contributed by atoms with Crippen molar-refractivity contribution >= 4 is 40.9 Å². The summed E-state index contributed by atoms with van der Waals surface area (Å²) < 4.78 is 66.8. The number of anilines is 1. The van der Waals surface area contributed by atoms with E-state index < -0.39 is 23.7 Å². The smallest absolute Gasteiger partial charge is 0.358 e. The summed E-state index contributed by atoms with van der Waals surface area (Å²) in [5, 5.41) is 2.80. The number of carbonyl (C=O) groups is 2. The molecule has 0 spiro atoms. The number of carbonyl (C=O) groups excluding carboxylic acids is 2. The molecule has 42 heavy (non-hydrogen) atoms. The normalized spacial score (nSPS) is 16.8. The highest BCUT2D eigenvalue weighted by atomic mass is 32.2. The first-order valence-corrected chi connectivity index (χ1v) is 14.3. The third-order valence-electron chi connectivity index (χ3n) is 7.63. The molecule has 3 heterocycles. The van der Waals surface area contributed by atoms with Crippen LogP contribution in [-0.4, -0.2) is 59.8 Å². The van der Waals surface area contributed by atoms with Crippen LogP contribution in [0.1, 0.15) is 56.0 Å². The second-order valence-corrected chi connectivity index (χ2v) is 11.5. The van der Waals surface area contributed by atoms with E-state index >= 15 is 0 Å². The third-order valence-corrected chi connectivity index (χ3v) is 8.67. The maximum atomic E-state index is 13.6. The number of rotatable bonds is 6. The zero-order chi connectivity index (χ0) is 30.3. The Morgan fingerprint density at radius 3 is 2.45 bits per heavy atom. The Morgan fingerprint density at radius 1 is 1.07 bits per heavy atom. The highest BCUT2D eigenvalue weighted by Gasteiger charge is 2.34. The molecule has 2 aromatic carbocycles. The largest absolute Gasteiger partial charge is 0.416 e. The summed E-state index contributed by atoms with van der Waals surface area (Å²) in [7, 11) is 2.01. The van der Waals surface area contributed by atoms with Gasteiger partial charge in [-0.2, -0.15) is 13.2 Å². The average molecular weight is 605 g/mol. The third kappa shape index (κ3) is 5.96. The highest BCUT2D eigenvalue weighted by molar-refractivity contribution is 7.98. The summed E-state index contributed by atoms with van der Waals surface area (Å²) in [6.45, 7) is 6.50. The van der Waals surface area contributed by atoms with Gasteiger partial charge < -0.3 is 20.1 Å². The second kappa shape index (κ2) is 11.6. The number of halogens is 5. The van der Waals surface area contributed by atoms with Crippen LogP contribution in [0.4, 0.5) is 27.6 Å². The maximum absolute atomic E-state index is 13.6. The number of hydrogen-bond acceptors (Lipinski definition) is 4. The number of aryl methyl sites for hydroxylation is 1. The zero-order valence-electron chi connectivity index (χ0n) is 23.2. The van der Waals surface area contributed by atoms with Crippen molar-refractivity contribution in [3.8, 4) is 0 Å². The van der Waals surface area contributed by atoms with Crippen LogP contribution < -0.4 is 5.32 Å². The topological polar surface area (TPSA) is 68.4 Å². The molecule has 3 aromatic rings. The van der Waals surface area contributed by atoms with Gasteiger partial charge in [-0.15, -0.1) is 11.8 Å². The molecule has 6 nitrogen and oxygen atoms in total. The molecule has 0 bridgehead atoms. The van der Waals surface area contributed by atoms with Crippen molar-refractivity contribution in [1.29, 1.82) is 0 Å². The molecule has 0 radical (unpaired) electrons. The first-order valence-electron chi connectivity index (χ1n) is 13.3. The molecule has 0 aliphatic carbocycles. The van der Waals surface area contributed by atoms with E-state index in [0.29, 0.717) is 57.8 Å². The Bertz CT molecular complexity index is 1570. The van der Waals surface area contributed by atoms with E-state index in [4.69, 9.17) is 0 Å². The number of aromatic nitrogens is 1. The number of amides is 2. The molecule has 12 heteroatoms. The van der Waals surface area contributed by atoms with Gasteiger partial charge in [-0.25, -0.2) is 8.78 Å². The van der Waals surface area contributed by atoms with Crippen molar-refractivity contribution in [2.45, 2.75) is 37.1 Å². The second-order valence-electron chi connectivity index (χ2n) is 10.5. The number of thioether (sulfide) groups is 1. The van der Waals surface area contributed by atoms with E-state index in [1.807, 2.05) is 25.8 Å². The van der Waals surface area contributed by atoms with Gasteiger partial charge in [-0.1, -0.05) is 12.1 Å². The lowest BCUT2D eigenvalue weighted by atomic mass is 10.0. The SMILES string of the molecule is Cc1[nH]c(/C=C2\C(=O)Nc3ccc(SCc4ccc(C(F)F)cc4C(F)(F)F)cc32)c(C)c1C(=O)N1CCN(C)CC1.